The lowest BCUT2D eigenvalue weighted by atomic mass is 10.2. The highest BCUT2D eigenvalue weighted by Crippen LogP contribution is 2.14. The van der Waals surface area contributed by atoms with Gasteiger partial charge in [0, 0.05) is 11.5 Å². The minimum absolute atomic E-state index is 0.127. The Morgan fingerprint density at radius 2 is 1.53 bits per heavy atom. The predicted octanol–water partition coefficient (Wildman–Crippen LogP) is 3.67. The Morgan fingerprint density at radius 3 is 2.12 bits per heavy atom. The molecule has 0 spiro atoms. The average molecular weight is 459 g/mol. The molecular formula is C24H30N2O5S. The Balaban J connectivity index is 1.86. The minimum Gasteiger partial charge on any atom is -0.460 e. The van der Waals surface area contributed by atoms with Crippen LogP contribution in [0.15, 0.2) is 60.7 Å². The van der Waals surface area contributed by atoms with Gasteiger partial charge < -0.3 is 20.1 Å². The molecule has 2 aromatic rings. The second-order valence-electron chi connectivity index (χ2n) is 8.06. The third-order valence-corrected chi connectivity index (χ3v) is 5.16. The number of nitrogens with one attached hydrogen (secondary N) is 2. The van der Waals surface area contributed by atoms with Gasteiger partial charge >= 0.3 is 12.1 Å². The van der Waals surface area contributed by atoms with Crippen molar-refractivity contribution in [3.05, 3.63) is 71.8 Å². The molecule has 1 atom stereocenters. The third kappa shape index (κ3) is 10.3. The molecule has 0 saturated heterocycles. The molecule has 0 fully saturated rings. The fourth-order valence-electron chi connectivity index (χ4n) is 2.57. The van der Waals surface area contributed by atoms with E-state index in [1.807, 2.05) is 60.7 Å². The van der Waals surface area contributed by atoms with Crippen LogP contribution in [0.1, 0.15) is 31.9 Å². The van der Waals surface area contributed by atoms with Crippen molar-refractivity contribution in [1.29, 1.82) is 0 Å². The zero-order valence-corrected chi connectivity index (χ0v) is 19.4. The van der Waals surface area contributed by atoms with E-state index in [1.54, 1.807) is 20.8 Å². The maximum atomic E-state index is 12.7. The van der Waals surface area contributed by atoms with Gasteiger partial charge in [-0.2, -0.15) is 11.8 Å². The van der Waals surface area contributed by atoms with Crippen LogP contribution in [-0.4, -0.2) is 41.9 Å². The van der Waals surface area contributed by atoms with Gasteiger partial charge in [-0.3, -0.25) is 9.59 Å². The Hall–Kier alpha value is -3.00. The lowest BCUT2D eigenvalue weighted by molar-refractivity contribution is -0.145. The first-order valence-electron chi connectivity index (χ1n) is 10.3. The molecule has 1 unspecified atom stereocenters. The summed E-state index contributed by atoms with van der Waals surface area (Å²) in [4.78, 5) is 36.9. The molecule has 0 aliphatic rings. The van der Waals surface area contributed by atoms with E-state index in [4.69, 9.17) is 9.47 Å². The predicted molar refractivity (Wildman–Crippen MR) is 125 cm³/mol. The molecule has 8 heteroatoms. The fraction of sp³-hybridized carbons (Fsp3) is 0.375. The molecule has 172 valence electrons. The quantitative estimate of drug-likeness (QED) is 0.528. The summed E-state index contributed by atoms with van der Waals surface area (Å²) in [5.41, 5.74) is 1.27. The highest BCUT2D eigenvalue weighted by molar-refractivity contribution is 7.98. The van der Waals surface area contributed by atoms with E-state index in [2.05, 4.69) is 10.6 Å². The number of thioether (sulfide) groups is 1. The molecule has 0 heterocycles. The molecule has 2 N–H and O–H groups in total. The first-order chi connectivity index (χ1) is 15.2. The van der Waals surface area contributed by atoms with E-state index in [0.717, 1.165) is 11.1 Å². The van der Waals surface area contributed by atoms with Gasteiger partial charge in [0.05, 0.1) is 0 Å². The number of hydrogen-bond donors (Lipinski definition) is 2. The molecule has 0 radical (unpaired) electrons. The van der Waals surface area contributed by atoms with Crippen LogP contribution in [0.3, 0.4) is 0 Å². The molecule has 7 nitrogen and oxygen atoms in total. The van der Waals surface area contributed by atoms with E-state index in [0.29, 0.717) is 11.5 Å². The molecule has 2 aromatic carbocycles. The molecule has 2 amide bonds. The van der Waals surface area contributed by atoms with Crippen molar-refractivity contribution in [2.24, 2.45) is 0 Å². The number of esters is 1. The highest BCUT2D eigenvalue weighted by Gasteiger charge is 2.25. The third-order valence-electron chi connectivity index (χ3n) is 4.05. The molecule has 2 rings (SSSR count). The summed E-state index contributed by atoms with van der Waals surface area (Å²) in [5, 5.41) is 5.13. The summed E-state index contributed by atoms with van der Waals surface area (Å²) in [7, 11) is 0. The van der Waals surface area contributed by atoms with Crippen molar-refractivity contribution in [3.63, 3.8) is 0 Å². The Kier molecular flexibility index (Phi) is 10.1. The van der Waals surface area contributed by atoms with E-state index in [-0.39, 0.29) is 13.2 Å². The largest absolute Gasteiger partial charge is 0.460 e. The summed E-state index contributed by atoms with van der Waals surface area (Å²) >= 11 is 1.50. The van der Waals surface area contributed by atoms with E-state index >= 15 is 0 Å². The van der Waals surface area contributed by atoms with Crippen LogP contribution in [0, 0.1) is 0 Å². The molecule has 0 saturated carbocycles. The first-order valence-corrected chi connectivity index (χ1v) is 11.5. The van der Waals surface area contributed by atoms with Gasteiger partial charge in [-0.1, -0.05) is 60.7 Å². The lowest BCUT2D eigenvalue weighted by Gasteiger charge is -2.23. The average Bonchev–Trinajstić information content (AvgIpc) is 2.75. The topological polar surface area (TPSA) is 93.7 Å². The first kappa shape index (κ1) is 25.3. The number of amides is 2. The Labute approximate surface area is 193 Å². The van der Waals surface area contributed by atoms with Crippen molar-refractivity contribution in [1.82, 2.24) is 10.6 Å². The number of rotatable bonds is 10. The summed E-state index contributed by atoms with van der Waals surface area (Å²) < 4.78 is 10.4. The van der Waals surface area contributed by atoms with Crippen LogP contribution in [0.4, 0.5) is 4.79 Å². The zero-order valence-electron chi connectivity index (χ0n) is 18.6. The van der Waals surface area contributed by atoms with Gasteiger partial charge in [-0.25, -0.2) is 4.79 Å². The molecule has 0 aliphatic carbocycles. The summed E-state index contributed by atoms with van der Waals surface area (Å²) in [6.07, 6.45) is -0.690. The van der Waals surface area contributed by atoms with Crippen molar-refractivity contribution < 1.29 is 23.9 Å². The molecule has 32 heavy (non-hydrogen) atoms. The van der Waals surface area contributed by atoms with Crippen molar-refractivity contribution in [2.45, 2.75) is 44.8 Å². The fourth-order valence-corrected chi connectivity index (χ4v) is 3.59. The van der Waals surface area contributed by atoms with Crippen LogP contribution < -0.4 is 10.6 Å². The lowest BCUT2D eigenvalue weighted by Crippen LogP contribution is -2.50. The van der Waals surface area contributed by atoms with Crippen molar-refractivity contribution >= 4 is 29.7 Å². The summed E-state index contributed by atoms with van der Waals surface area (Å²) in [6.45, 7) is 5.07. The zero-order chi connectivity index (χ0) is 23.4. The van der Waals surface area contributed by atoms with Crippen LogP contribution in [0.5, 0.6) is 0 Å². The minimum atomic E-state index is -0.861. The van der Waals surface area contributed by atoms with Crippen molar-refractivity contribution in [3.8, 4) is 0 Å². The number of alkyl carbamates (subject to hydrolysis) is 1. The second kappa shape index (κ2) is 12.8. The van der Waals surface area contributed by atoms with Crippen LogP contribution >= 0.6 is 11.8 Å². The number of carbonyl (C=O) groups is 3. The maximum Gasteiger partial charge on any atom is 0.408 e. The standard InChI is InChI=1S/C24H30N2O5S/c1-24(2,3)31-23(29)26-20(17-32-16-19-12-8-5-9-13-19)22(28)25-14-21(27)30-15-18-10-6-4-7-11-18/h4-13,20H,14-17H2,1-3H3,(H,25,28)(H,26,29). The Bertz CT molecular complexity index is 869. The smallest absolute Gasteiger partial charge is 0.408 e. The van der Waals surface area contributed by atoms with Crippen LogP contribution in [0.25, 0.3) is 0 Å². The normalized spacial score (nSPS) is 11.8. The van der Waals surface area contributed by atoms with Crippen LogP contribution in [0.2, 0.25) is 0 Å². The summed E-state index contributed by atoms with van der Waals surface area (Å²) in [5.74, 6) is -0.0399. The highest BCUT2D eigenvalue weighted by atomic mass is 32.2. The molecular weight excluding hydrogens is 428 g/mol. The van der Waals surface area contributed by atoms with Gasteiger partial charge in [0.2, 0.25) is 5.91 Å². The number of carbonyl (C=O) groups excluding carboxylic acids is 3. The maximum absolute atomic E-state index is 12.7. The molecule has 0 bridgehead atoms. The SMILES string of the molecule is CC(C)(C)OC(=O)NC(CSCc1ccccc1)C(=O)NCC(=O)OCc1ccccc1. The van der Waals surface area contributed by atoms with Gasteiger partial charge in [0.1, 0.15) is 24.8 Å². The summed E-state index contributed by atoms with van der Waals surface area (Å²) in [6, 6.07) is 18.2. The molecule has 0 aliphatic heterocycles. The monoisotopic (exact) mass is 458 g/mol. The van der Waals surface area contributed by atoms with E-state index < -0.39 is 29.6 Å². The number of ether oxygens (including phenoxy) is 2. The number of benzene rings is 2. The van der Waals surface area contributed by atoms with Crippen LogP contribution in [-0.2, 0) is 31.4 Å². The van der Waals surface area contributed by atoms with Gasteiger partial charge in [0.15, 0.2) is 0 Å². The van der Waals surface area contributed by atoms with Crippen molar-refractivity contribution in [2.75, 3.05) is 12.3 Å². The van der Waals surface area contributed by atoms with E-state index in [9.17, 15) is 14.4 Å². The Morgan fingerprint density at radius 1 is 0.938 bits per heavy atom. The van der Waals surface area contributed by atoms with Gasteiger partial charge in [0.25, 0.3) is 0 Å². The number of hydrogen-bond acceptors (Lipinski definition) is 6. The van der Waals surface area contributed by atoms with E-state index in [1.165, 1.54) is 11.8 Å². The van der Waals surface area contributed by atoms with Gasteiger partial charge in [-0.05, 0) is 31.9 Å². The molecule has 0 aromatic heterocycles. The second-order valence-corrected chi connectivity index (χ2v) is 9.09. The van der Waals surface area contributed by atoms with Gasteiger partial charge in [-0.15, -0.1) is 0 Å².